The second-order valence-corrected chi connectivity index (χ2v) is 5.58. The van der Waals surface area contributed by atoms with Crippen LogP contribution in [0.25, 0.3) is 0 Å². The highest BCUT2D eigenvalue weighted by Crippen LogP contribution is 2.24. The number of carbonyl (C=O) groups is 1. The predicted octanol–water partition coefficient (Wildman–Crippen LogP) is 2.12. The first-order valence-electron chi connectivity index (χ1n) is 6.29. The Morgan fingerprint density at radius 3 is 3.00 bits per heavy atom. The molecule has 1 saturated carbocycles. The van der Waals surface area contributed by atoms with E-state index in [1.54, 1.807) is 0 Å². The Hall–Kier alpha value is -1.14. The van der Waals surface area contributed by atoms with Crippen molar-refractivity contribution < 1.29 is 9.90 Å². The van der Waals surface area contributed by atoms with Crippen LogP contribution in [0.3, 0.4) is 0 Å². The van der Waals surface area contributed by atoms with Gasteiger partial charge in [0.2, 0.25) is 0 Å². The Balaban J connectivity index is 1.86. The van der Waals surface area contributed by atoms with Gasteiger partial charge in [-0.25, -0.2) is 9.78 Å². The van der Waals surface area contributed by atoms with Gasteiger partial charge in [0, 0.05) is 23.9 Å². The van der Waals surface area contributed by atoms with Gasteiger partial charge >= 0.3 is 6.03 Å². The number of aryl methyl sites for hydroxylation is 1. The van der Waals surface area contributed by atoms with Crippen LogP contribution in [0.1, 0.15) is 31.4 Å². The van der Waals surface area contributed by atoms with Crippen molar-refractivity contribution in [1.82, 2.24) is 10.3 Å². The van der Waals surface area contributed by atoms with Gasteiger partial charge < -0.3 is 10.4 Å². The summed E-state index contributed by atoms with van der Waals surface area (Å²) in [4.78, 5) is 16.0. The van der Waals surface area contributed by atoms with Crippen molar-refractivity contribution in [3.63, 3.8) is 0 Å². The molecule has 100 valence electrons. The molecule has 0 radical (unpaired) electrons. The monoisotopic (exact) mass is 269 g/mol. The smallest absolute Gasteiger partial charge is 0.321 e. The molecule has 0 saturated heterocycles. The number of anilines is 1. The Bertz CT molecular complexity index is 408. The highest BCUT2D eigenvalue weighted by Gasteiger charge is 2.25. The molecule has 5 nitrogen and oxygen atoms in total. The molecular weight excluding hydrogens is 250 g/mol. The van der Waals surface area contributed by atoms with Crippen molar-refractivity contribution in [2.24, 2.45) is 5.92 Å². The lowest BCUT2D eigenvalue weighted by atomic mass is 9.85. The third-order valence-corrected chi connectivity index (χ3v) is 4.18. The van der Waals surface area contributed by atoms with Gasteiger partial charge in [-0.2, -0.15) is 0 Å². The lowest BCUT2D eigenvalue weighted by Crippen LogP contribution is -2.45. The number of thiazole rings is 1. The molecule has 0 bridgehead atoms. The van der Waals surface area contributed by atoms with Crippen LogP contribution in [0, 0.1) is 12.8 Å². The molecule has 1 aromatic heterocycles. The zero-order valence-corrected chi connectivity index (χ0v) is 11.3. The fourth-order valence-corrected chi connectivity index (χ4v) is 3.01. The molecular formula is C12H19N3O2S. The molecule has 3 N–H and O–H groups in total. The van der Waals surface area contributed by atoms with Crippen molar-refractivity contribution in [2.45, 2.75) is 38.6 Å². The van der Waals surface area contributed by atoms with Gasteiger partial charge in [-0.15, -0.1) is 11.3 Å². The molecule has 1 aromatic rings. The zero-order valence-electron chi connectivity index (χ0n) is 10.5. The van der Waals surface area contributed by atoms with E-state index >= 15 is 0 Å². The number of aliphatic hydroxyl groups is 1. The van der Waals surface area contributed by atoms with Crippen molar-refractivity contribution in [3.8, 4) is 0 Å². The standard InChI is InChI=1S/C12H19N3O2S/c1-8-7-18-12(13-8)15-11(17)14-10-5-3-2-4-9(10)6-16/h7,9-10,16H,2-6H2,1H3,(H2,13,14,15,17). The van der Waals surface area contributed by atoms with E-state index in [9.17, 15) is 9.90 Å². The molecule has 2 rings (SSSR count). The molecule has 18 heavy (non-hydrogen) atoms. The fourth-order valence-electron chi connectivity index (χ4n) is 2.33. The minimum absolute atomic E-state index is 0.0739. The summed E-state index contributed by atoms with van der Waals surface area (Å²) in [5, 5.41) is 17.5. The molecule has 6 heteroatoms. The van der Waals surface area contributed by atoms with Crippen LogP contribution in [0.5, 0.6) is 0 Å². The zero-order chi connectivity index (χ0) is 13.0. The number of nitrogens with zero attached hydrogens (tertiary/aromatic N) is 1. The topological polar surface area (TPSA) is 74.2 Å². The van der Waals surface area contributed by atoms with Crippen molar-refractivity contribution in [1.29, 1.82) is 0 Å². The normalized spacial score (nSPS) is 23.7. The summed E-state index contributed by atoms with van der Waals surface area (Å²) in [6.07, 6.45) is 4.17. The number of urea groups is 1. The van der Waals surface area contributed by atoms with Crippen LogP contribution in [0.15, 0.2) is 5.38 Å². The number of aromatic nitrogens is 1. The van der Waals surface area contributed by atoms with Gasteiger partial charge in [0.1, 0.15) is 0 Å². The molecule has 0 aliphatic heterocycles. The molecule has 1 fully saturated rings. The lowest BCUT2D eigenvalue weighted by Gasteiger charge is -2.30. The Morgan fingerprint density at radius 1 is 1.56 bits per heavy atom. The summed E-state index contributed by atoms with van der Waals surface area (Å²) in [5.41, 5.74) is 0.904. The number of nitrogens with one attached hydrogen (secondary N) is 2. The fraction of sp³-hybridized carbons (Fsp3) is 0.667. The molecule has 2 unspecified atom stereocenters. The third kappa shape index (κ3) is 3.43. The summed E-state index contributed by atoms with van der Waals surface area (Å²) >= 11 is 1.41. The number of amides is 2. The SMILES string of the molecule is Cc1csc(NC(=O)NC2CCCCC2CO)n1. The van der Waals surface area contributed by atoms with E-state index < -0.39 is 0 Å². The van der Waals surface area contributed by atoms with Gasteiger partial charge in [0.05, 0.1) is 5.69 Å². The average Bonchev–Trinajstić information content (AvgIpc) is 2.75. The molecule has 2 amide bonds. The van der Waals surface area contributed by atoms with Crippen LogP contribution >= 0.6 is 11.3 Å². The molecule has 1 aliphatic carbocycles. The Labute approximate surface area is 111 Å². The highest BCUT2D eigenvalue weighted by molar-refractivity contribution is 7.13. The average molecular weight is 269 g/mol. The maximum atomic E-state index is 11.8. The summed E-state index contributed by atoms with van der Waals surface area (Å²) < 4.78 is 0. The number of hydrogen-bond donors (Lipinski definition) is 3. The maximum Gasteiger partial charge on any atom is 0.321 e. The van der Waals surface area contributed by atoms with Crippen molar-refractivity contribution in [3.05, 3.63) is 11.1 Å². The van der Waals surface area contributed by atoms with Crippen LogP contribution in [0.2, 0.25) is 0 Å². The van der Waals surface area contributed by atoms with Crippen LogP contribution < -0.4 is 10.6 Å². The van der Waals surface area contributed by atoms with Gasteiger partial charge in [0.25, 0.3) is 0 Å². The summed E-state index contributed by atoms with van der Waals surface area (Å²) in [6, 6.07) is -0.153. The van der Waals surface area contributed by atoms with Gasteiger partial charge in [-0.1, -0.05) is 12.8 Å². The third-order valence-electron chi connectivity index (χ3n) is 3.30. The van der Waals surface area contributed by atoms with E-state index in [1.165, 1.54) is 11.3 Å². The lowest BCUT2D eigenvalue weighted by molar-refractivity contribution is 0.156. The number of aliphatic hydroxyl groups excluding tert-OH is 1. The quantitative estimate of drug-likeness (QED) is 0.787. The van der Waals surface area contributed by atoms with Crippen LogP contribution in [0.4, 0.5) is 9.93 Å². The molecule has 1 heterocycles. The minimum atomic E-state index is -0.227. The van der Waals surface area contributed by atoms with Crippen molar-refractivity contribution in [2.75, 3.05) is 11.9 Å². The Kier molecular flexibility index (Phi) is 4.54. The largest absolute Gasteiger partial charge is 0.396 e. The van der Waals surface area contributed by atoms with Gasteiger partial charge in [-0.3, -0.25) is 5.32 Å². The summed E-state index contributed by atoms with van der Waals surface area (Å²) in [5.74, 6) is 0.183. The number of carbonyl (C=O) groups excluding carboxylic acids is 1. The number of hydrogen-bond acceptors (Lipinski definition) is 4. The Morgan fingerprint density at radius 2 is 2.33 bits per heavy atom. The second kappa shape index (κ2) is 6.15. The van der Waals surface area contributed by atoms with E-state index in [1.807, 2.05) is 12.3 Å². The molecule has 0 aromatic carbocycles. The highest BCUT2D eigenvalue weighted by atomic mass is 32.1. The van der Waals surface area contributed by atoms with E-state index in [2.05, 4.69) is 15.6 Å². The predicted molar refractivity (Wildman–Crippen MR) is 71.8 cm³/mol. The first-order chi connectivity index (χ1) is 8.69. The first-order valence-corrected chi connectivity index (χ1v) is 7.17. The maximum absolute atomic E-state index is 11.8. The van der Waals surface area contributed by atoms with Gasteiger partial charge in [-0.05, 0) is 19.8 Å². The van der Waals surface area contributed by atoms with E-state index in [0.717, 1.165) is 31.4 Å². The number of rotatable bonds is 3. The van der Waals surface area contributed by atoms with Crippen LogP contribution in [-0.4, -0.2) is 28.8 Å². The van der Waals surface area contributed by atoms with Crippen molar-refractivity contribution >= 4 is 22.5 Å². The second-order valence-electron chi connectivity index (χ2n) is 4.73. The minimum Gasteiger partial charge on any atom is -0.396 e. The van der Waals surface area contributed by atoms with E-state index in [4.69, 9.17) is 0 Å². The molecule has 1 aliphatic rings. The summed E-state index contributed by atoms with van der Waals surface area (Å²) in [7, 11) is 0. The van der Waals surface area contributed by atoms with Crippen LogP contribution in [-0.2, 0) is 0 Å². The van der Waals surface area contributed by atoms with E-state index in [0.29, 0.717) is 5.13 Å². The van der Waals surface area contributed by atoms with Gasteiger partial charge in [0.15, 0.2) is 5.13 Å². The molecule has 0 spiro atoms. The van der Waals surface area contributed by atoms with E-state index in [-0.39, 0.29) is 24.6 Å². The molecule has 2 atom stereocenters. The first kappa shape index (κ1) is 13.3. The summed E-state index contributed by atoms with van der Waals surface area (Å²) in [6.45, 7) is 2.03.